The van der Waals surface area contributed by atoms with Crippen molar-refractivity contribution in [3.05, 3.63) is 24.3 Å². The van der Waals surface area contributed by atoms with Gasteiger partial charge in [0.2, 0.25) is 5.91 Å². The second kappa shape index (κ2) is 7.92. The van der Waals surface area contributed by atoms with Crippen molar-refractivity contribution in [2.24, 2.45) is 0 Å². The third-order valence-electron chi connectivity index (χ3n) is 1.86. The summed E-state index contributed by atoms with van der Waals surface area (Å²) in [5.41, 5.74) is 0.705. The number of amides is 1. The number of hydrogen-bond donors (Lipinski definition) is 2. The molecule has 1 aromatic rings. The minimum atomic E-state index is -0.0812. The Bertz CT molecular complexity index is 356. The molecule has 0 heterocycles. The van der Waals surface area contributed by atoms with E-state index in [1.54, 1.807) is 7.05 Å². The van der Waals surface area contributed by atoms with Crippen LogP contribution in [0.4, 0.5) is 5.69 Å². The van der Waals surface area contributed by atoms with Crippen LogP contribution in [0, 0.1) is 0 Å². The molecule has 2 N–H and O–H groups in total. The summed E-state index contributed by atoms with van der Waals surface area (Å²) in [4.78, 5) is 11.4. The van der Waals surface area contributed by atoms with Crippen LogP contribution in [0.5, 0.6) is 5.75 Å². The molecule has 0 saturated carbocycles. The molecule has 1 amide bonds. The fourth-order valence-electron chi connectivity index (χ4n) is 1.28. The van der Waals surface area contributed by atoms with Crippen LogP contribution in [-0.2, 0) is 4.79 Å². The van der Waals surface area contributed by atoms with E-state index in [9.17, 15) is 4.79 Å². The molecule has 5 heteroatoms. The van der Waals surface area contributed by atoms with E-state index < -0.39 is 0 Å². The summed E-state index contributed by atoms with van der Waals surface area (Å²) in [6.45, 7) is 4.19. The molecule has 0 atom stereocenters. The number of anilines is 1. The van der Waals surface area contributed by atoms with Crippen LogP contribution in [0.2, 0.25) is 0 Å². The van der Waals surface area contributed by atoms with Crippen LogP contribution in [0.15, 0.2) is 24.3 Å². The zero-order valence-electron chi connectivity index (χ0n) is 10.3. The van der Waals surface area contributed by atoms with Crippen LogP contribution in [-0.4, -0.2) is 25.6 Å². The normalized spacial score (nSPS) is 9.65. The lowest BCUT2D eigenvalue weighted by Gasteiger charge is -2.14. The first-order valence-corrected chi connectivity index (χ1v) is 5.33. The zero-order chi connectivity index (χ0) is 12.0. The van der Waals surface area contributed by atoms with Crippen molar-refractivity contribution in [2.45, 2.75) is 20.0 Å². The molecule has 4 nitrogen and oxygen atoms in total. The van der Waals surface area contributed by atoms with Crippen LogP contribution < -0.4 is 15.4 Å². The van der Waals surface area contributed by atoms with Gasteiger partial charge in [-0.1, -0.05) is 12.1 Å². The van der Waals surface area contributed by atoms with E-state index in [4.69, 9.17) is 4.74 Å². The first-order valence-electron chi connectivity index (χ1n) is 5.33. The Labute approximate surface area is 108 Å². The molecule has 0 spiro atoms. The molecule has 0 saturated heterocycles. The standard InChI is InChI=1S/C12H18N2O2.ClH/c1-9(2)16-11-7-5-4-6-10(11)14-12(15)8-13-3;/h4-7,9,13H,8H2,1-3H3,(H,14,15);1H. The smallest absolute Gasteiger partial charge is 0.238 e. The van der Waals surface area contributed by atoms with Gasteiger partial charge < -0.3 is 15.4 Å². The molecule has 96 valence electrons. The Morgan fingerprint density at radius 1 is 1.35 bits per heavy atom. The second-order valence-electron chi connectivity index (χ2n) is 3.74. The summed E-state index contributed by atoms with van der Waals surface area (Å²) < 4.78 is 5.59. The van der Waals surface area contributed by atoms with Crippen molar-refractivity contribution in [3.8, 4) is 5.75 Å². The van der Waals surface area contributed by atoms with E-state index in [1.165, 1.54) is 0 Å². The van der Waals surface area contributed by atoms with Crippen LogP contribution in [0.1, 0.15) is 13.8 Å². The Morgan fingerprint density at radius 3 is 2.59 bits per heavy atom. The number of hydrogen-bond acceptors (Lipinski definition) is 3. The van der Waals surface area contributed by atoms with Gasteiger partial charge in [-0.3, -0.25) is 4.79 Å². The van der Waals surface area contributed by atoms with Crippen molar-refractivity contribution in [1.82, 2.24) is 5.32 Å². The molecule has 0 unspecified atom stereocenters. The first-order chi connectivity index (χ1) is 7.63. The fourth-order valence-corrected chi connectivity index (χ4v) is 1.28. The number of rotatable bonds is 5. The topological polar surface area (TPSA) is 50.4 Å². The highest BCUT2D eigenvalue weighted by Crippen LogP contribution is 2.24. The van der Waals surface area contributed by atoms with Gasteiger partial charge in [-0.05, 0) is 33.0 Å². The lowest BCUT2D eigenvalue weighted by Crippen LogP contribution is -2.25. The van der Waals surface area contributed by atoms with Crippen molar-refractivity contribution in [1.29, 1.82) is 0 Å². The minimum absolute atomic E-state index is 0. The molecule has 0 aliphatic rings. The Kier molecular flexibility index (Phi) is 7.34. The highest BCUT2D eigenvalue weighted by atomic mass is 35.5. The molecular weight excluding hydrogens is 240 g/mol. The lowest BCUT2D eigenvalue weighted by atomic mass is 10.3. The van der Waals surface area contributed by atoms with E-state index >= 15 is 0 Å². The predicted molar refractivity (Wildman–Crippen MR) is 72.0 cm³/mol. The molecule has 0 bridgehead atoms. The molecule has 0 aliphatic heterocycles. The summed E-state index contributed by atoms with van der Waals surface area (Å²) in [6, 6.07) is 7.41. The van der Waals surface area contributed by atoms with Gasteiger partial charge in [-0.15, -0.1) is 12.4 Å². The van der Waals surface area contributed by atoms with Crippen LogP contribution in [0.25, 0.3) is 0 Å². The zero-order valence-corrected chi connectivity index (χ0v) is 11.1. The number of carbonyl (C=O) groups is 1. The molecule has 0 fully saturated rings. The maximum Gasteiger partial charge on any atom is 0.238 e. The van der Waals surface area contributed by atoms with Crippen molar-refractivity contribution >= 4 is 24.0 Å². The molecule has 1 rings (SSSR count). The molecule has 0 radical (unpaired) electrons. The van der Waals surface area contributed by atoms with Gasteiger partial charge in [0.15, 0.2) is 0 Å². The average molecular weight is 259 g/mol. The molecule has 1 aromatic carbocycles. The van der Waals surface area contributed by atoms with E-state index in [0.29, 0.717) is 11.4 Å². The lowest BCUT2D eigenvalue weighted by molar-refractivity contribution is -0.115. The number of likely N-dealkylation sites (N-methyl/N-ethyl adjacent to an activating group) is 1. The summed E-state index contributed by atoms with van der Waals surface area (Å²) in [6.07, 6.45) is 0.0855. The van der Waals surface area contributed by atoms with Crippen molar-refractivity contribution in [2.75, 3.05) is 18.9 Å². The highest BCUT2D eigenvalue weighted by molar-refractivity contribution is 5.93. The quantitative estimate of drug-likeness (QED) is 0.850. The van der Waals surface area contributed by atoms with Gasteiger partial charge in [0.05, 0.1) is 18.3 Å². The van der Waals surface area contributed by atoms with Crippen LogP contribution in [0.3, 0.4) is 0 Å². The molecule has 17 heavy (non-hydrogen) atoms. The van der Waals surface area contributed by atoms with Gasteiger partial charge in [-0.2, -0.15) is 0 Å². The molecular formula is C12H19ClN2O2. The Balaban J connectivity index is 0.00000256. The minimum Gasteiger partial charge on any atom is -0.489 e. The Morgan fingerprint density at radius 2 is 2.00 bits per heavy atom. The number of carbonyl (C=O) groups excluding carboxylic acids is 1. The van der Waals surface area contributed by atoms with E-state index in [2.05, 4.69) is 10.6 Å². The van der Waals surface area contributed by atoms with Gasteiger partial charge in [0, 0.05) is 0 Å². The number of ether oxygens (including phenoxy) is 1. The number of para-hydroxylation sites is 2. The summed E-state index contributed by atoms with van der Waals surface area (Å²) in [5, 5.41) is 5.59. The van der Waals surface area contributed by atoms with E-state index in [-0.39, 0.29) is 31.0 Å². The molecule has 0 aliphatic carbocycles. The SMILES string of the molecule is CNCC(=O)Nc1ccccc1OC(C)C.Cl. The van der Waals surface area contributed by atoms with Gasteiger partial charge in [0.25, 0.3) is 0 Å². The monoisotopic (exact) mass is 258 g/mol. The molecule has 0 aromatic heterocycles. The largest absolute Gasteiger partial charge is 0.489 e. The Hall–Kier alpha value is -1.26. The summed E-state index contributed by atoms with van der Waals surface area (Å²) in [5.74, 6) is 0.615. The third kappa shape index (κ3) is 5.56. The van der Waals surface area contributed by atoms with Crippen molar-refractivity contribution in [3.63, 3.8) is 0 Å². The van der Waals surface area contributed by atoms with E-state index in [1.807, 2.05) is 38.1 Å². The maximum absolute atomic E-state index is 11.4. The van der Waals surface area contributed by atoms with Gasteiger partial charge in [0.1, 0.15) is 5.75 Å². The van der Waals surface area contributed by atoms with Crippen molar-refractivity contribution < 1.29 is 9.53 Å². The number of halogens is 1. The predicted octanol–water partition coefficient (Wildman–Crippen LogP) is 2.05. The first kappa shape index (κ1) is 15.7. The number of nitrogens with one attached hydrogen (secondary N) is 2. The van der Waals surface area contributed by atoms with Crippen LogP contribution >= 0.6 is 12.4 Å². The maximum atomic E-state index is 11.4. The second-order valence-corrected chi connectivity index (χ2v) is 3.74. The van der Waals surface area contributed by atoms with Gasteiger partial charge >= 0.3 is 0 Å². The van der Waals surface area contributed by atoms with Gasteiger partial charge in [-0.25, -0.2) is 0 Å². The summed E-state index contributed by atoms with van der Waals surface area (Å²) >= 11 is 0. The highest BCUT2D eigenvalue weighted by Gasteiger charge is 2.07. The third-order valence-corrected chi connectivity index (χ3v) is 1.86. The average Bonchev–Trinajstić information content (AvgIpc) is 2.20. The van der Waals surface area contributed by atoms with E-state index in [0.717, 1.165) is 0 Å². The summed E-state index contributed by atoms with van der Waals surface area (Å²) in [7, 11) is 1.73. The fraction of sp³-hybridized carbons (Fsp3) is 0.417. The number of benzene rings is 1.